The van der Waals surface area contributed by atoms with E-state index >= 15 is 0 Å². The summed E-state index contributed by atoms with van der Waals surface area (Å²) in [6.07, 6.45) is 0.772. The molecule has 4 nitrogen and oxygen atoms in total. The zero-order valence-electron chi connectivity index (χ0n) is 10.6. The van der Waals surface area contributed by atoms with E-state index in [0.717, 1.165) is 23.1 Å². The average Bonchev–Trinajstić information content (AvgIpc) is 2.29. The Morgan fingerprint density at radius 3 is 2.47 bits per heavy atom. The van der Waals surface area contributed by atoms with Crippen LogP contribution >= 0.6 is 0 Å². The van der Waals surface area contributed by atoms with Crippen molar-refractivity contribution in [3.05, 3.63) is 28.8 Å². The van der Waals surface area contributed by atoms with Crippen LogP contribution in [0.25, 0.3) is 0 Å². The molecule has 0 saturated heterocycles. The maximum Gasteiger partial charge on any atom is 0.240 e. The van der Waals surface area contributed by atoms with Gasteiger partial charge >= 0.3 is 0 Å². The Morgan fingerprint density at radius 1 is 1.29 bits per heavy atom. The highest BCUT2D eigenvalue weighted by atomic mass is 32.2. The van der Waals surface area contributed by atoms with Gasteiger partial charge in [-0.1, -0.05) is 13.0 Å². The van der Waals surface area contributed by atoms with Crippen LogP contribution in [0.1, 0.15) is 30.0 Å². The molecule has 0 unspecified atom stereocenters. The quantitative estimate of drug-likeness (QED) is 0.837. The SMILES string of the molecule is CCCNS(=O)(=O)c1cc(CN)cc(C)c1C. The zero-order valence-corrected chi connectivity index (χ0v) is 11.4. The topological polar surface area (TPSA) is 72.2 Å². The smallest absolute Gasteiger partial charge is 0.240 e. The Hall–Kier alpha value is -0.910. The molecule has 0 aliphatic rings. The summed E-state index contributed by atoms with van der Waals surface area (Å²) in [5.41, 5.74) is 8.14. The van der Waals surface area contributed by atoms with Crippen molar-refractivity contribution in [1.29, 1.82) is 0 Å². The van der Waals surface area contributed by atoms with Gasteiger partial charge in [0.1, 0.15) is 0 Å². The minimum atomic E-state index is -3.41. The molecule has 0 aliphatic heterocycles. The monoisotopic (exact) mass is 256 g/mol. The average molecular weight is 256 g/mol. The lowest BCUT2D eigenvalue weighted by Gasteiger charge is -2.12. The fraction of sp³-hybridized carbons (Fsp3) is 0.500. The van der Waals surface area contributed by atoms with E-state index in [1.807, 2.05) is 26.8 Å². The first kappa shape index (κ1) is 14.2. The molecule has 0 saturated carbocycles. The second-order valence-electron chi connectivity index (χ2n) is 4.14. The summed E-state index contributed by atoms with van der Waals surface area (Å²) in [7, 11) is -3.41. The molecular weight excluding hydrogens is 236 g/mol. The van der Waals surface area contributed by atoms with Crippen molar-refractivity contribution in [2.45, 2.75) is 38.6 Å². The lowest BCUT2D eigenvalue weighted by atomic mass is 10.1. The van der Waals surface area contributed by atoms with E-state index < -0.39 is 10.0 Å². The standard InChI is InChI=1S/C12H20N2O2S/c1-4-5-14-17(15,16)12-7-11(8-13)6-9(2)10(12)3/h6-7,14H,4-5,8,13H2,1-3H3. The predicted molar refractivity (Wildman–Crippen MR) is 69.3 cm³/mol. The van der Waals surface area contributed by atoms with E-state index in [0.29, 0.717) is 18.0 Å². The number of sulfonamides is 1. The van der Waals surface area contributed by atoms with Gasteiger partial charge in [-0.2, -0.15) is 0 Å². The molecule has 96 valence electrons. The molecule has 3 N–H and O–H groups in total. The van der Waals surface area contributed by atoms with Crippen LogP contribution in [0.4, 0.5) is 0 Å². The van der Waals surface area contributed by atoms with Crippen LogP contribution in [0.5, 0.6) is 0 Å². The molecule has 17 heavy (non-hydrogen) atoms. The first-order valence-corrected chi connectivity index (χ1v) is 7.20. The maximum absolute atomic E-state index is 12.1. The Kier molecular flexibility index (Phi) is 4.68. The number of hydrogen-bond donors (Lipinski definition) is 2. The summed E-state index contributed by atoms with van der Waals surface area (Å²) in [6.45, 7) is 6.44. The van der Waals surface area contributed by atoms with Gasteiger partial charge in [0.25, 0.3) is 0 Å². The molecule has 0 atom stereocenters. The minimum absolute atomic E-state index is 0.339. The van der Waals surface area contributed by atoms with Crippen LogP contribution in [0.3, 0.4) is 0 Å². The van der Waals surface area contributed by atoms with Crippen molar-refractivity contribution >= 4 is 10.0 Å². The first-order chi connectivity index (χ1) is 7.92. The lowest BCUT2D eigenvalue weighted by Crippen LogP contribution is -2.25. The van der Waals surface area contributed by atoms with Crippen molar-refractivity contribution in [2.75, 3.05) is 6.54 Å². The van der Waals surface area contributed by atoms with Crippen molar-refractivity contribution in [1.82, 2.24) is 4.72 Å². The molecule has 0 amide bonds. The van der Waals surface area contributed by atoms with Gasteiger partial charge in [0.2, 0.25) is 10.0 Å². The van der Waals surface area contributed by atoms with Crippen molar-refractivity contribution in [2.24, 2.45) is 5.73 Å². The molecule has 0 radical (unpaired) electrons. The number of rotatable bonds is 5. The van der Waals surface area contributed by atoms with Crippen LogP contribution < -0.4 is 10.5 Å². The van der Waals surface area contributed by atoms with Crippen molar-refractivity contribution < 1.29 is 8.42 Å². The van der Waals surface area contributed by atoms with Gasteiger partial charge < -0.3 is 5.73 Å². The summed E-state index contributed by atoms with van der Waals surface area (Å²) in [5, 5.41) is 0. The third-order valence-corrected chi connectivity index (χ3v) is 4.33. The Bertz CT molecular complexity index is 495. The second-order valence-corrected chi connectivity index (χ2v) is 5.87. The van der Waals surface area contributed by atoms with Gasteiger partial charge in [0, 0.05) is 13.1 Å². The number of nitrogens with two attached hydrogens (primary N) is 1. The van der Waals surface area contributed by atoms with E-state index in [9.17, 15) is 8.42 Å². The Labute approximate surface area is 103 Å². The molecule has 1 aromatic carbocycles. The summed E-state index contributed by atoms with van der Waals surface area (Å²) in [5.74, 6) is 0. The number of nitrogens with one attached hydrogen (secondary N) is 1. The zero-order chi connectivity index (χ0) is 13.1. The van der Waals surface area contributed by atoms with E-state index in [2.05, 4.69) is 4.72 Å². The molecule has 1 rings (SSSR count). The molecule has 0 bridgehead atoms. The highest BCUT2D eigenvalue weighted by molar-refractivity contribution is 7.89. The third kappa shape index (κ3) is 3.28. The van der Waals surface area contributed by atoms with Crippen LogP contribution in [0, 0.1) is 13.8 Å². The van der Waals surface area contributed by atoms with Crippen LogP contribution in [-0.2, 0) is 16.6 Å². The Morgan fingerprint density at radius 2 is 1.94 bits per heavy atom. The molecular formula is C12H20N2O2S. The van der Waals surface area contributed by atoms with Crippen LogP contribution in [0.2, 0.25) is 0 Å². The molecule has 0 aromatic heterocycles. The van der Waals surface area contributed by atoms with Gasteiger partial charge in [0.15, 0.2) is 0 Å². The molecule has 0 heterocycles. The molecule has 0 aliphatic carbocycles. The summed E-state index contributed by atoms with van der Waals surface area (Å²) in [4.78, 5) is 0.339. The van der Waals surface area contributed by atoms with E-state index in [-0.39, 0.29) is 0 Å². The van der Waals surface area contributed by atoms with Gasteiger partial charge in [-0.15, -0.1) is 0 Å². The van der Waals surface area contributed by atoms with Crippen LogP contribution in [0.15, 0.2) is 17.0 Å². The highest BCUT2D eigenvalue weighted by Crippen LogP contribution is 2.20. The molecule has 1 aromatic rings. The summed E-state index contributed by atoms with van der Waals surface area (Å²) < 4.78 is 26.7. The predicted octanol–water partition coefficient (Wildman–Crippen LogP) is 1.45. The van der Waals surface area contributed by atoms with Gasteiger partial charge in [-0.3, -0.25) is 0 Å². The van der Waals surface area contributed by atoms with Gasteiger partial charge in [-0.05, 0) is 43.0 Å². The van der Waals surface area contributed by atoms with Crippen molar-refractivity contribution in [3.8, 4) is 0 Å². The third-order valence-electron chi connectivity index (χ3n) is 2.75. The maximum atomic E-state index is 12.1. The van der Waals surface area contributed by atoms with Crippen molar-refractivity contribution in [3.63, 3.8) is 0 Å². The fourth-order valence-corrected chi connectivity index (χ4v) is 3.11. The Balaban J connectivity index is 3.25. The normalized spacial score (nSPS) is 11.8. The molecule has 5 heteroatoms. The summed E-state index contributed by atoms with van der Waals surface area (Å²) >= 11 is 0. The summed E-state index contributed by atoms with van der Waals surface area (Å²) in [6, 6.07) is 3.58. The number of benzene rings is 1. The van der Waals surface area contributed by atoms with Gasteiger partial charge in [-0.25, -0.2) is 13.1 Å². The van der Waals surface area contributed by atoms with Gasteiger partial charge in [0.05, 0.1) is 4.90 Å². The molecule has 0 fully saturated rings. The molecule has 0 spiro atoms. The van der Waals surface area contributed by atoms with E-state index in [1.165, 1.54) is 0 Å². The first-order valence-electron chi connectivity index (χ1n) is 5.72. The minimum Gasteiger partial charge on any atom is -0.326 e. The largest absolute Gasteiger partial charge is 0.326 e. The number of hydrogen-bond acceptors (Lipinski definition) is 3. The number of aryl methyl sites for hydroxylation is 1. The fourth-order valence-electron chi connectivity index (χ4n) is 1.61. The highest BCUT2D eigenvalue weighted by Gasteiger charge is 2.17. The van der Waals surface area contributed by atoms with Crippen LogP contribution in [-0.4, -0.2) is 15.0 Å². The van der Waals surface area contributed by atoms with E-state index in [4.69, 9.17) is 5.73 Å². The van der Waals surface area contributed by atoms with E-state index in [1.54, 1.807) is 6.07 Å². The second kappa shape index (κ2) is 5.62. The lowest BCUT2D eigenvalue weighted by molar-refractivity contribution is 0.580.